The zero-order valence-corrected chi connectivity index (χ0v) is 20.1. The molecule has 9 heteroatoms. The molecule has 0 aliphatic carbocycles. The van der Waals surface area contributed by atoms with Crippen LogP contribution in [0, 0.1) is 0 Å². The molecular formula is C26H30N2O7. The maximum absolute atomic E-state index is 11.9. The van der Waals surface area contributed by atoms with Gasteiger partial charge in [-0.3, -0.25) is 4.79 Å². The summed E-state index contributed by atoms with van der Waals surface area (Å²) in [6, 6.07) is 14.9. The number of amides is 1. The molecule has 0 saturated heterocycles. The molecular weight excluding hydrogens is 452 g/mol. The van der Waals surface area contributed by atoms with E-state index < -0.39 is 12.1 Å². The number of carboxylic acid groups (broad SMARTS) is 1. The van der Waals surface area contributed by atoms with E-state index in [1.165, 1.54) is 7.11 Å². The van der Waals surface area contributed by atoms with Crippen LogP contribution in [0.1, 0.15) is 37.1 Å². The van der Waals surface area contributed by atoms with Gasteiger partial charge in [0.15, 0.2) is 0 Å². The van der Waals surface area contributed by atoms with Crippen molar-refractivity contribution in [2.75, 3.05) is 13.7 Å². The Morgan fingerprint density at radius 3 is 2.54 bits per heavy atom. The number of alkyl carbamates (subject to hydrolysis) is 1. The smallest absolute Gasteiger partial charge is 0.407 e. The largest absolute Gasteiger partial charge is 0.493 e. The van der Waals surface area contributed by atoms with Crippen molar-refractivity contribution in [2.24, 2.45) is 0 Å². The number of carbonyl (C=O) groups is 2. The van der Waals surface area contributed by atoms with E-state index in [1.807, 2.05) is 36.4 Å². The zero-order chi connectivity index (χ0) is 25.2. The van der Waals surface area contributed by atoms with Crippen LogP contribution < -0.4 is 14.8 Å². The Bertz CT molecular complexity index is 1130. The van der Waals surface area contributed by atoms with Crippen LogP contribution in [0.5, 0.6) is 11.7 Å². The van der Waals surface area contributed by atoms with Crippen LogP contribution >= 0.6 is 0 Å². The van der Waals surface area contributed by atoms with Gasteiger partial charge in [0, 0.05) is 24.9 Å². The first-order valence-corrected chi connectivity index (χ1v) is 11.4. The Balaban J connectivity index is 1.66. The van der Waals surface area contributed by atoms with Crippen molar-refractivity contribution in [1.82, 2.24) is 10.3 Å². The third-order valence-corrected chi connectivity index (χ3v) is 5.03. The van der Waals surface area contributed by atoms with Crippen LogP contribution in [0.2, 0.25) is 0 Å². The molecule has 0 radical (unpaired) electrons. The van der Waals surface area contributed by atoms with E-state index in [-0.39, 0.29) is 19.1 Å². The van der Waals surface area contributed by atoms with Gasteiger partial charge >= 0.3 is 18.0 Å². The number of methoxy groups -OCH3 is 1. The van der Waals surface area contributed by atoms with Crippen molar-refractivity contribution in [3.8, 4) is 23.1 Å². The van der Waals surface area contributed by atoms with Gasteiger partial charge in [-0.25, -0.2) is 9.78 Å². The fourth-order valence-electron chi connectivity index (χ4n) is 3.39. The monoisotopic (exact) mass is 482 g/mol. The molecule has 0 fully saturated rings. The summed E-state index contributed by atoms with van der Waals surface area (Å²) in [6.45, 7) is 4.03. The van der Waals surface area contributed by atoms with Crippen LogP contribution in [0.3, 0.4) is 0 Å². The molecule has 0 aliphatic heterocycles. The fraction of sp³-hybridized carbons (Fsp3) is 0.346. The molecule has 2 aromatic carbocycles. The highest BCUT2D eigenvalue weighted by atomic mass is 16.6. The Kier molecular flexibility index (Phi) is 9.11. The minimum atomic E-state index is -0.889. The normalized spacial score (nSPS) is 10.7. The second-order valence-corrected chi connectivity index (χ2v) is 8.05. The molecule has 3 rings (SSSR count). The van der Waals surface area contributed by atoms with Crippen molar-refractivity contribution in [3.05, 3.63) is 65.4 Å². The number of carbonyl (C=O) groups excluding carboxylic acids is 1. The van der Waals surface area contributed by atoms with Gasteiger partial charge in [-0.15, -0.1) is 0 Å². The topological polar surface area (TPSA) is 120 Å². The van der Waals surface area contributed by atoms with E-state index in [9.17, 15) is 9.59 Å². The maximum atomic E-state index is 11.9. The van der Waals surface area contributed by atoms with Gasteiger partial charge in [-0.05, 0) is 55.7 Å². The maximum Gasteiger partial charge on any atom is 0.407 e. The summed E-state index contributed by atoms with van der Waals surface area (Å²) in [5.74, 6) is 0.510. The number of hydrogen-bond acceptors (Lipinski definition) is 7. The highest BCUT2D eigenvalue weighted by molar-refractivity contribution is 5.68. The van der Waals surface area contributed by atoms with Crippen molar-refractivity contribution in [2.45, 2.75) is 45.8 Å². The summed E-state index contributed by atoms with van der Waals surface area (Å²) in [5, 5.41) is 11.7. The molecule has 186 valence electrons. The Labute approximate surface area is 204 Å². The van der Waals surface area contributed by atoms with E-state index in [0.29, 0.717) is 42.7 Å². The molecule has 9 nitrogen and oxygen atoms in total. The minimum absolute atomic E-state index is 0.0145. The molecule has 0 aliphatic rings. The number of nitrogens with zero attached hydrogens (tertiary/aromatic N) is 1. The number of aryl methyl sites for hydroxylation is 1. The van der Waals surface area contributed by atoms with Gasteiger partial charge in [0.1, 0.15) is 11.4 Å². The molecule has 0 bridgehead atoms. The standard InChI is InChI=1S/C26H30N2O7/c1-17(2)34-26(31)27-16-20-15-21(11-9-18(20)10-12-23(29)30)33-14-13-22-25(32-3)35-24(28-22)19-7-5-4-6-8-19/h4-9,11,15,17H,10,12-14,16H2,1-3H3,(H,27,31)(H,29,30). The Morgan fingerprint density at radius 1 is 1.09 bits per heavy atom. The number of aliphatic carboxylic acids is 1. The number of aromatic nitrogens is 1. The first-order valence-electron chi connectivity index (χ1n) is 11.4. The van der Waals surface area contributed by atoms with E-state index in [0.717, 1.165) is 16.7 Å². The van der Waals surface area contributed by atoms with Crippen molar-refractivity contribution in [3.63, 3.8) is 0 Å². The zero-order valence-electron chi connectivity index (χ0n) is 20.1. The molecule has 1 aromatic heterocycles. The summed E-state index contributed by atoms with van der Waals surface area (Å²) < 4.78 is 22.1. The van der Waals surface area contributed by atoms with E-state index in [1.54, 1.807) is 26.0 Å². The lowest BCUT2D eigenvalue weighted by atomic mass is 10.0. The number of hydrogen-bond donors (Lipinski definition) is 2. The number of carboxylic acids is 1. The first kappa shape index (κ1) is 25.6. The van der Waals surface area contributed by atoms with E-state index in [2.05, 4.69) is 10.3 Å². The number of nitrogens with one attached hydrogen (secondary N) is 1. The molecule has 35 heavy (non-hydrogen) atoms. The lowest BCUT2D eigenvalue weighted by molar-refractivity contribution is -0.136. The molecule has 2 N–H and O–H groups in total. The van der Waals surface area contributed by atoms with Crippen LogP contribution in [-0.4, -0.2) is 42.0 Å². The molecule has 0 atom stereocenters. The number of rotatable bonds is 12. The number of benzene rings is 2. The molecule has 1 amide bonds. The third-order valence-electron chi connectivity index (χ3n) is 5.03. The van der Waals surface area contributed by atoms with Gasteiger partial charge < -0.3 is 29.1 Å². The highest BCUT2D eigenvalue weighted by Crippen LogP contribution is 2.28. The van der Waals surface area contributed by atoms with Crippen molar-refractivity contribution in [1.29, 1.82) is 0 Å². The van der Waals surface area contributed by atoms with Crippen LogP contribution in [0.15, 0.2) is 52.9 Å². The van der Waals surface area contributed by atoms with E-state index in [4.69, 9.17) is 23.7 Å². The van der Waals surface area contributed by atoms with Gasteiger partial charge in [-0.2, -0.15) is 0 Å². The average Bonchev–Trinajstić information content (AvgIpc) is 3.25. The molecule has 0 saturated carbocycles. The quantitative estimate of drug-likeness (QED) is 0.384. The van der Waals surface area contributed by atoms with Crippen molar-refractivity contribution < 1.29 is 33.3 Å². The fourth-order valence-corrected chi connectivity index (χ4v) is 3.39. The lowest BCUT2D eigenvalue weighted by Gasteiger charge is -2.14. The number of oxazole rings is 1. The summed E-state index contributed by atoms with van der Waals surface area (Å²) >= 11 is 0. The minimum Gasteiger partial charge on any atom is -0.493 e. The highest BCUT2D eigenvalue weighted by Gasteiger charge is 2.16. The van der Waals surface area contributed by atoms with Gasteiger partial charge in [0.05, 0.1) is 19.8 Å². The molecule has 3 aromatic rings. The van der Waals surface area contributed by atoms with Gasteiger partial charge in [0.25, 0.3) is 0 Å². The molecule has 0 unspecified atom stereocenters. The summed E-state index contributed by atoms with van der Waals surface area (Å²) in [7, 11) is 1.53. The average molecular weight is 483 g/mol. The van der Waals surface area contributed by atoms with Crippen LogP contribution in [0.25, 0.3) is 11.5 Å². The second kappa shape index (κ2) is 12.5. The summed E-state index contributed by atoms with van der Waals surface area (Å²) in [5.41, 5.74) is 3.07. The molecule has 0 spiro atoms. The lowest BCUT2D eigenvalue weighted by Crippen LogP contribution is -2.26. The van der Waals surface area contributed by atoms with Crippen LogP contribution in [0.4, 0.5) is 4.79 Å². The van der Waals surface area contributed by atoms with Gasteiger partial charge in [0.2, 0.25) is 5.89 Å². The van der Waals surface area contributed by atoms with Crippen LogP contribution in [-0.2, 0) is 28.9 Å². The summed E-state index contributed by atoms with van der Waals surface area (Å²) in [6.07, 6.45) is -0.00651. The SMILES string of the molecule is COc1oc(-c2ccccc2)nc1CCOc1ccc(CCC(=O)O)c(CNC(=O)OC(C)C)c1. The predicted molar refractivity (Wildman–Crippen MR) is 129 cm³/mol. The molecule has 1 heterocycles. The second-order valence-electron chi connectivity index (χ2n) is 8.05. The van der Waals surface area contributed by atoms with Crippen molar-refractivity contribution >= 4 is 12.1 Å². The number of ether oxygens (including phenoxy) is 3. The Hall–Kier alpha value is -4.01. The van der Waals surface area contributed by atoms with E-state index >= 15 is 0 Å². The first-order chi connectivity index (χ1) is 16.9. The predicted octanol–water partition coefficient (Wildman–Crippen LogP) is 4.62. The third kappa shape index (κ3) is 7.77. The van der Waals surface area contributed by atoms with Gasteiger partial charge in [-0.1, -0.05) is 24.3 Å². The Morgan fingerprint density at radius 2 is 1.86 bits per heavy atom. The summed E-state index contributed by atoms with van der Waals surface area (Å²) in [4.78, 5) is 27.5.